The number of imide groups is 1. The Morgan fingerprint density at radius 3 is 2.61 bits per heavy atom. The van der Waals surface area contributed by atoms with Crippen LogP contribution in [-0.4, -0.2) is 42.2 Å². The summed E-state index contributed by atoms with van der Waals surface area (Å²) in [7, 11) is 1.56. The first-order valence-corrected chi connectivity index (χ1v) is 11.7. The molecule has 2 aromatic carbocycles. The fraction of sp³-hybridized carbons (Fsp3) is 0.208. The molecule has 0 aromatic heterocycles. The van der Waals surface area contributed by atoms with Crippen LogP contribution in [0.25, 0.3) is 6.08 Å². The van der Waals surface area contributed by atoms with Gasteiger partial charge in [0.25, 0.3) is 11.1 Å². The van der Waals surface area contributed by atoms with Gasteiger partial charge < -0.3 is 14.8 Å². The Kier molecular flexibility index (Phi) is 8.35. The highest BCUT2D eigenvalue weighted by Gasteiger charge is 2.36. The van der Waals surface area contributed by atoms with Crippen LogP contribution >= 0.6 is 27.7 Å². The van der Waals surface area contributed by atoms with E-state index >= 15 is 0 Å². The standard InChI is InChI=1S/C24H23BrN2O5S/c1-4-6-16-11-15(12-19(32-5-2)22(16)31-3)13-20-23(29)27(24(30)33-20)14-21(28)26-18-9-7-17(25)8-10-18/h4,7-13H,1,5-6,14H2,2-3H3,(H,26,28)/b20-13+. The van der Waals surface area contributed by atoms with Crippen molar-refractivity contribution in [2.75, 3.05) is 25.6 Å². The van der Waals surface area contributed by atoms with E-state index in [1.165, 1.54) is 0 Å². The van der Waals surface area contributed by atoms with Crippen molar-refractivity contribution in [1.29, 1.82) is 0 Å². The third kappa shape index (κ3) is 6.06. The molecule has 1 aliphatic heterocycles. The van der Waals surface area contributed by atoms with Crippen LogP contribution in [0.3, 0.4) is 0 Å². The lowest BCUT2D eigenvalue weighted by Gasteiger charge is -2.14. The van der Waals surface area contributed by atoms with Gasteiger partial charge >= 0.3 is 0 Å². The van der Waals surface area contributed by atoms with Crippen LogP contribution in [-0.2, 0) is 16.0 Å². The largest absolute Gasteiger partial charge is 0.493 e. The average molecular weight is 531 g/mol. The summed E-state index contributed by atoms with van der Waals surface area (Å²) in [6.07, 6.45) is 3.91. The number of hydrogen-bond acceptors (Lipinski definition) is 6. The van der Waals surface area contributed by atoms with Crippen LogP contribution in [0.5, 0.6) is 11.5 Å². The van der Waals surface area contributed by atoms with Crippen molar-refractivity contribution in [3.8, 4) is 11.5 Å². The van der Waals surface area contributed by atoms with Crippen molar-refractivity contribution >= 4 is 56.5 Å². The zero-order valence-corrected chi connectivity index (χ0v) is 20.6. The van der Waals surface area contributed by atoms with Crippen molar-refractivity contribution in [3.05, 3.63) is 69.6 Å². The number of ether oxygens (including phenoxy) is 2. The van der Waals surface area contributed by atoms with Gasteiger partial charge in [-0.25, -0.2) is 0 Å². The molecule has 9 heteroatoms. The monoisotopic (exact) mass is 530 g/mol. The number of nitrogens with one attached hydrogen (secondary N) is 1. The Morgan fingerprint density at radius 2 is 1.97 bits per heavy atom. The molecular weight excluding hydrogens is 508 g/mol. The summed E-state index contributed by atoms with van der Waals surface area (Å²) in [6.45, 7) is 5.71. The first-order valence-electron chi connectivity index (χ1n) is 10.1. The average Bonchev–Trinajstić information content (AvgIpc) is 3.03. The van der Waals surface area contributed by atoms with Gasteiger partial charge in [-0.2, -0.15) is 0 Å². The van der Waals surface area contributed by atoms with E-state index in [9.17, 15) is 14.4 Å². The van der Waals surface area contributed by atoms with Gasteiger partial charge in [0.15, 0.2) is 11.5 Å². The van der Waals surface area contributed by atoms with Crippen molar-refractivity contribution in [2.45, 2.75) is 13.3 Å². The molecule has 3 amide bonds. The van der Waals surface area contributed by atoms with Gasteiger partial charge in [0, 0.05) is 15.7 Å². The van der Waals surface area contributed by atoms with Crippen LogP contribution in [0.2, 0.25) is 0 Å². The lowest BCUT2D eigenvalue weighted by atomic mass is 10.0. The third-order valence-electron chi connectivity index (χ3n) is 4.62. The number of thioether (sulfide) groups is 1. The highest BCUT2D eigenvalue weighted by Crippen LogP contribution is 2.37. The molecule has 1 aliphatic rings. The normalized spacial score (nSPS) is 14.5. The van der Waals surface area contributed by atoms with Crippen molar-refractivity contribution in [2.24, 2.45) is 0 Å². The predicted molar refractivity (Wildman–Crippen MR) is 134 cm³/mol. The molecule has 0 saturated carbocycles. The highest BCUT2D eigenvalue weighted by molar-refractivity contribution is 9.10. The third-order valence-corrected chi connectivity index (χ3v) is 6.06. The molecule has 0 radical (unpaired) electrons. The van der Waals surface area contributed by atoms with Crippen molar-refractivity contribution in [1.82, 2.24) is 4.90 Å². The van der Waals surface area contributed by atoms with Crippen molar-refractivity contribution in [3.63, 3.8) is 0 Å². The van der Waals surface area contributed by atoms with Crippen LogP contribution in [0.4, 0.5) is 10.5 Å². The number of hydrogen-bond donors (Lipinski definition) is 1. The molecule has 7 nitrogen and oxygen atoms in total. The first kappa shape index (κ1) is 24.6. The van der Waals surface area contributed by atoms with Crippen LogP contribution in [0, 0.1) is 0 Å². The Labute approximate surface area is 204 Å². The van der Waals surface area contributed by atoms with E-state index in [0.717, 1.165) is 26.7 Å². The number of benzene rings is 2. The lowest BCUT2D eigenvalue weighted by molar-refractivity contribution is -0.127. The lowest BCUT2D eigenvalue weighted by Crippen LogP contribution is -2.36. The number of carbonyl (C=O) groups excluding carboxylic acids is 3. The number of anilines is 1. The molecule has 0 bridgehead atoms. The minimum absolute atomic E-state index is 0.230. The van der Waals surface area contributed by atoms with E-state index in [4.69, 9.17) is 9.47 Å². The molecule has 2 aromatic rings. The topological polar surface area (TPSA) is 84.9 Å². The molecule has 3 rings (SSSR count). The minimum atomic E-state index is -0.519. The minimum Gasteiger partial charge on any atom is -0.493 e. The Hall–Kier alpha value is -3.04. The summed E-state index contributed by atoms with van der Waals surface area (Å²) in [5, 5.41) is 2.18. The number of methoxy groups -OCH3 is 1. The number of rotatable bonds is 9. The van der Waals surface area contributed by atoms with Gasteiger partial charge in [-0.05, 0) is 73.1 Å². The van der Waals surface area contributed by atoms with Crippen LogP contribution in [0.15, 0.2) is 58.4 Å². The van der Waals surface area contributed by atoms with E-state index in [1.807, 2.05) is 13.0 Å². The molecule has 0 atom stereocenters. The molecule has 1 saturated heterocycles. The summed E-state index contributed by atoms with van der Waals surface area (Å²) in [5.74, 6) is 0.164. The fourth-order valence-electron chi connectivity index (χ4n) is 3.23. The van der Waals surface area contributed by atoms with Gasteiger partial charge in [-0.15, -0.1) is 6.58 Å². The van der Waals surface area contributed by atoms with E-state index < -0.39 is 17.1 Å². The molecule has 1 N–H and O–H groups in total. The summed E-state index contributed by atoms with van der Waals surface area (Å²) in [5.41, 5.74) is 2.10. The summed E-state index contributed by atoms with van der Waals surface area (Å²) >= 11 is 4.12. The molecule has 33 heavy (non-hydrogen) atoms. The molecule has 1 fully saturated rings. The Morgan fingerprint density at radius 1 is 1.24 bits per heavy atom. The van der Waals surface area contributed by atoms with Crippen LogP contribution < -0.4 is 14.8 Å². The quantitative estimate of drug-likeness (QED) is 0.351. The van der Waals surface area contributed by atoms with E-state index in [2.05, 4.69) is 27.8 Å². The molecule has 0 aliphatic carbocycles. The Bertz CT molecular complexity index is 1110. The second-order valence-corrected chi connectivity index (χ2v) is 8.87. The number of allylic oxidation sites excluding steroid dienone is 1. The molecule has 0 spiro atoms. The fourth-order valence-corrected chi connectivity index (χ4v) is 4.34. The van der Waals surface area contributed by atoms with E-state index in [0.29, 0.717) is 35.8 Å². The van der Waals surface area contributed by atoms with Crippen molar-refractivity contribution < 1.29 is 23.9 Å². The van der Waals surface area contributed by atoms with Gasteiger partial charge in [-0.1, -0.05) is 22.0 Å². The smallest absolute Gasteiger partial charge is 0.294 e. The first-order chi connectivity index (χ1) is 15.9. The van der Waals surface area contributed by atoms with Gasteiger partial charge in [0.1, 0.15) is 6.54 Å². The summed E-state index contributed by atoms with van der Waals surface area (Å²) < 4.78 is 12.1. The summed E-state index contributed by atoms with van der Waals surface area (Å²) in [6, 6.07) is 10.6. The molecule has 172 valence electrons. The molecule has 0 unspecified atom stereocenters. The number of nitrogens with zero attached hydrogens (tertiary/aromatic N) is 1. The van der Waals surface area contributed by atoms with Crippen LogP contribution in [0.1, 0.15) is 18.1 Å². The maximum atomic E-state index is 12.9. The zero-order valence-electron chi connectivity index (χ0n) is 18.2. The van der Waals surface area contributed by atoms with Gasteiger partial charge in [-0.3, -0.25) is 19.3 Å². The van der Waals surface area contributed by atoms with E-state index in [1.54, 1.807) is 49.6 Å². The Balaban J connectivity index is 1.80. The SMILES string of the molecule is C=CCc1cc(/C=C2/SC(=O)N(CC(=O)Nc3ccc(Br)cc3)C2=O)cc(OCC)c1OC. The number of amides is 3. The second kappa shape index (κ2) is 11.2. The second-order valence-electron chi connectivity index (χ2n) is 6.96. The maximum absolute atomic E-state index is 12.9. The zero-order chi connectivity index (χ0) is 24.0. The van der Waals surface area contributed by atoms with Gasteiger partial charge in [0.05, 0.1) is 18.6 Å². The number of carbonyl (C=O) groups is 3. The maximum Gasteiger partial charge on any atom is 0.294 e. The highest BCUT2D eigenvalue weighted by atomic mass is 79.9. The molecule has 1 heterocycles. The predicted octanol–water partition coefficient (Wildman–Crippen LogP) is 5.26. The molecular formula is C24H23BrN2O5S. The van der Waals surface area contributed by atoms with Gasteiger partial charge in [0.2, 0.25) is 5.91 Å². The van der Waals surface area contributed by atoms with E-state index in [-0.39, 0.29) is 11.4 Å². The summed E-state index contributed by atoms with van der Waals surface area (Å²) in [4.78, 5) is 38.8. The number of halogens is 1.